The molecule has 0 atom stereocenters. The number of non-ortho nitro benzene ring substituents is 1. The van der Waals surface area contributed by atoms with E-state index in [1.165, 1.54) is 24.3 Å². The first-order valence-electron chi connectivity index (χ1n) is 5.92. The van der Waals surface area contributed by atoms with Crippen molar-refractivity contribution in [3.05, 3.63) is 52.6 Å². The highest BCUT2D eigenvalue weighted by atomic mass is 16.6. The van der Waals surface area contributed by atoms with E-state index < -0.39 is 4.92 Å². The van der Waals surface area contributed by atoms with Gasteiger partial charge in [-0.3, -0.25) is 10.1 Å². The number of rotatable bonds is 5. The quantitative estimate of drug-likeness (QED) is 0.569. The first kappa shape index (κ1) is 13.5. The number of hydrogen-bond acceptors (Lipinski definition) is 4. The molecule has 0 saturated carbocycles. The summed E-state index contributed by atoms with van der Waals surface area (Å²) < 4.78 is 0. The van der Waals surface area contributed by atoms with Crippen LogP contribution in [0.3, 0.4) is 0 Å². The molecule has 0 spiro atoms. The molecule has 0 radical (unpaired) electrons. The largest absolute Gasteiger partial charge is 0.348 e. The molecule has 1 heterocycles. The smallest absolute Gasteiger partial charge is 0.319 e. The van der Waals surface area contributed by atoms with Crippen molar-refractivity contribution in [3.8, 4) is 0 Å². The van der Waals surface area contributed by atoms with Crippen LogP contribution >= 0.6 is 0 Å². The lowest BCUT2D eigenvalue weighted by molar-refractivity contribution is -0.384. The monoisotopic (exact) mass is 275 g/mol. The van der Waals surface area contributed by atoms with E-state index in [0.29, 0.717) is 18.7 Å². The molecule has 0 aliphatic heterocycles. The number of nitrogens with one attached hydrogen (secondary N) is 3. The second-order valence-corrected chi connectivity index (χ2v) is 4.01. The molecule has 2 amide bonds. The van der Waals surface area contributed by atoms with E-state index in [2.05, 4.69) is 20.6 Å². The Morgan fingerprint density at radius 2 is 2.10 bits per heavy atom. The van der Waals surface area contributed by atoms with Crippen LogP contribution in [-0.2, 0) is 6.42 Å². The van der Waals surface area contributed by atoms with Crippen molar-refractivity contribution in [3.63, 3.8) is 0 Å². The van der Waals surface area contributed by atoms with Crippen molar-refractivity contribution >= 4 is 17.4 Å². The Morgan fingerprint density at radius 1 is 1.35 bits per heavy atom. The molecule has 0 aliphatic rings. The number of nitro benzene ring substituents is 1. The minimum Gasteiger partial charge on any atom is -0.348 e. The van der Waals surface area contributed by atoms with Crippen LogP contribution in [0.4, 0.5) is 16.2 Å². The van der Waals surface area contributed by atoms with E-state index in [1.54, 1.807) is 12.5 Å². The summed E-state index contributed by atoms with van der Waals surface area (Å²) in [4.78, 5) is 28.4. The number of carbonyl (C=O) groups excluding carboxylic acids is 1. The van der Waals surface area contributed by atoms with Crippen LogP contribution in [0, 0.1) is 10.1 Å². The second-order valence-electron chi connectivity index (χ2n) is 4.01. The van der Waals surface area contributed by atoms with E-state index in [0.717, 1.165) is 5.69 Å². The van der Waals surface area contributed by atoms with Gasteiger partial charge in [-0.05, 0) is 12.1 Å². The molecule has 8 heteroatoms. The predicted molar refractivity (Wildman–Crippen MR) is 72.4 cm³/mol. The minimum absolute atomic E-state index is 0.0183. The number of amides is 2. The van der Waals surface area contributed by atoms with Crippen molar-refractivity contribution in [2.45, 2.75) is 6.42 Å². The van der Waals surface area contributed by atoms with E-state index >= 15 is 0 Å². The number of imidazole rings is 1. The fourth-order valence-corrected chi connectivity index (χ4v) is 1.57. The highest BCUT2D eigenvalue weighted by molar-refractivity contribution is 5.89. The van der Waals surface area contributed by atoms with Crippen molar-refractivity contribution in [2.24, 2.45) is 0 Å². The Morgan fingerprint density at radius 3 is 2.70 bits per heavy atom. The average molecular weight is 275 g/mol. The molecule has 20 heavy (non-hydrogen) atoms. The molecule has 0 aliphatic carbocycles. The molecular weight excluding hydrogens is 262 g/mol. The zero-order valence-corrected chi connectivity index (χ0v) is 10.5. The summed E-state index contributed by atoms with van der Waals surface area (Å²) in [5, 5.41) is 15.8. The molecule has 3 N–H and O–H groups in total. The standard InChI is InChI=1S/C12H13N5O3/c18-12(14-6-5-10-7-13-8-15-10)16-9-1-3-11(4-2-9)17(19)20/h1-4,7-8H,5-6H2,(H,13,15)(H2,14,16,18). The molecule has 0 saturated heterocycles. The number of aromatic nitrogens is 2. The third-order valence-electron chi connectivity index (χ3n) is 2.57. The Hall–Kier alpha value is -2.90. The number of H-pyrrole nitrogens is 1. The number of nitrogens with zero attached hydrogens (tertiary/aromatic N) is 2. The van der Waals surface area contributed by atoms with Crippen LogP contribution in [-0.4, -0.2) is 27.5 Å². The fraction of sp³-hybridized carbons (Fsp3) is 0.167. The number of aromatic amines is 1. The molecule has 8 nitrogen and oxygen atoms in total. The van der Waals surface area contributed by atoms with Gasteiger partial charge in [0.1, 0.15) is 0 Å². The van der Waals surface area contributed by atoms with Crippen molar-refractivity contribution < 1.29 is 9.72 Å². The first-order chi connectivity index (χ1) is 9.65. The summed E-state index contributed by atoms with van der Waals surface area (Å²) in [6.07, 6.45) is 3.91. The van der Waals surface area contributed by atoms with Gasteiger partial charge in [-0.1, -0.05) is 0 Å². The normalized spacial score (nSPS) is 10.0. The summed E-state index contributed by atoms with van der Waals surface area (Å²) in [6.45, 7) is 0.459. The number of anilines is 1. The fourth-order valence-electron chi connectivity index (χ4n) is 1.57. The number of urea groups is 1. The van der Waals surface area contributed by atoms with Crippen LogP contribution < -0.4 is 10.6 Å². The van der Waals surface area contributed by atoms with Crippen molar-refractivity contribution in [2.75, 3.05) is 11.9 Å². The summed E-state index contributed by atoms with van der Waals surface area (Å²) in [5.41, 5.74) is 1.41. The Labute approximate surface area is 114 Å². The number of benzene rings is 1. The zero-order chi connectivity index (χ0) is 14.4. The van der Waals surface area contributed by atoms with Crippen LogP contribution in [0.5, 0.6) is 0 Å². The number of hydrogen-bond donors (Lipinski definition) is 3. The van der Waals surface area contributed by atoms with Gasteiger partial charge >= 0.3 is 6.03 Å². The van der Waals surface area contributed by atoms with Gasteiger partial charge in [0.15, 0.2) is 0 Å². The minimum atomic E-state index is -0.492. The van der Waals surface area contributed by atoms with E-state index in [1.807, 2.05) is 0 Å². The Balaban J connectivity index is 1.77. The van der Waals surface area contributed by atoms with E-state index in [4.69, 9.17) is 0 Å². The van der Waals surface area contributed by atoms with Crippen LogP contribution in [0.15, 0.2) is 36.8 Å². The molecule has 2 aromatic rings. The summed E-state index contributed by atoms with van der Waals surface area (Å²) in [7, 11) is 0. The molecule has 0 unspecified atom stereocenters. The predicted octanol–water partition coefficient (Wildman–Crippen LogP) is 1.68. The molecular formula is C12H13N5O3. The zero-order valence-electron chi connectivity index (χ0n) is 10.5. The second kappa shape index (κ2) is 6.32. The van der Waals surface area contributed by atoms with Crippen molar-refractivity contribution in [1.82, 2.24) is 15.3 Å². The van der Waals surface area contributed by atoms with Gasteiger partial charge in [0.2, 0.25) is 0 Å². The molecule has 2 rings (SSSR count). The van der Waals surface area contributed by atoms with Gasteiger partial charge in [0.05, 0.1) is 11.3 Å². The molecule has 0 bridgehead atoms. The van der Waals surface area contributed by atoms with E-state index in [-0.39, 0.29) is 11.7 Å². The maximum Gasteiger partial charge on any atom is 0.319 e. The molecule has 104 valence electrons. The molecule has 1 aromatic carbocycles. The van der Waals surface area contributed by atoms with E-state index in [9.17, 15) is 14.9 Å². The summed E-state index contributed by atoms with van der Waals surface area (Å²) in [6, 6.07) is 5.26. The van der Waals surface area contributed by atoms with Gasteiger partial charge in [0.25, 0.3) is 5.69 Å². The SMILES string of the molecule is O=C(NCCc1cnc[nH]1)Nc1ccc([N+](=O)[O-])cc1. The van der Waals surface area contributed by atoms with Gasteiger partial charge in [-0.15, -0.1) is 0 Å². The Bertz CT molecular complexity index is 580. The maximum atomic E-state index is 11.6. The van der Waals surface area contributed by atoms with Crippen LogP contribution in [0.1, 0.15) is 5.69 Å². The first-order valence-corrected chi connectivity index (χ1v) is 5.92. The van der Waals surface area contributed by atoms with Crippen LogP contribution in [0.2, 0.25) is 0 Å². The topological polar surface area (TPSA) is 113 Å². The highest BCUT2D eigenvalue weighted by Gasteiger charge is 2.06. The molecule has 0 fully saturated rings. The summed E-state index contributed by atoms with van der Waals surface area (Å²) in [5.74, 6) is 0. The van der Waals surface area contributed by atoms with Gasteiger partial charge < -0.3 is 15.6 Å². The highest BCUT2D eigenvalue weighted by Crippen LogP contribution is 2.15. The number of carbonyl (C=O) groups is 1. The van der Waals surface area contributed by atoms with Gasteiger partial charge in [-0.2, -0.15) is 0 Å². The lowest BCUT2D eigenvalue weighted by Gasteiger charge is -2.06. The lowest BCUT2D eigenvalue weighted by atomic mass is 10.3. The third kappa shape index (κ3) is 3.80. The number of nitro groups is 1. The Kier molecular flexibility index (Phi) is 4.28. The summed E-state index contributed by atoms with van der Waals surface area (Å²) >= 11 is 0. The lowest BCUT2D eigenvalue weighted by Crippen LogP contribution is -2.30. The maximum absolute atomic E-state index is 11.6. The van der Waals surface area contributed by atoms with Crippen LogP contribution in [0.25, 0.3) is 0 Å². The average Bonchev–Trinajstić information content (AvgIpc) is 2.92. The third-order valence-corrected chi connectivity index (χ3v) is 2.57. The molecule has 1 aromatic heterocycles. The van der Waals surface area contributed by atoms with Crippen molar-refractivity contribution in [1.29, 1.82) is 0 Å². The van der Waals surface area contributed by atoms with Gasteiger partial charge in [-0.25, -0.2) is 9.78 Å². The van der Waals surface area contributed by atoms with Gasteiger partial charge in [0, 0.05) is 42.7 Å².